The second-order valence-corrected chi connectivity index (χ2v) is 3.28. The summed E-state index contributed by atoms with van der Waals surface area (Å²) in [5.74, 6) is -0.463. The Bertz CT molecular complexity index is 441. The Morgan fingerprint density at radius 3 is 2.88 bits per heavy atom. The van der Waals surface area contributed by atoms with Crippen molar-refractivity contribution in [2.24, 2.45) is 0 Å². The summed E-state index contributed by atoms with van der Waals surface area (Å²) in [6.45, 7) is 5.51. The highest BCUT2D eigenvalue weighted by atomic mass is 16.6. The van der Waals surface area contributed by atoms with E-state index in [1.165, 1.54) is 18.2 Å². The highest BCUT2D eigenvalue weighted by molar-refractivity contribution is 5.98. The van der Waals surface area contributed by atoms with Crippen LogP contribution in [0.25, 0.3) is 0 Å². The normalized spacial score (nSPS) is 9.56. The molecule has 0 fully saturated rings. The summed E-state index contributed by atoms with van der Waals surface area (Å²) < 4.78 is 0. The summed E-state index contributed by atoms with van der Waals surface area (Å²) in [5.41, 5.74) is 0.688. The number of hydrogen-bond donors (Lipinski definition) is 1. The second kappa shape index (κ2) is 5.06. The Morgan fingerprint density at radius 2 is 2.31 bits per heavy atom. The Balaban J connectivity index is 3.09. The van der Waals surface area contributed by atoms with Crippen LogP contribution in [0.2, 0.25) is 0 Å². The molecule has 0 heterocycles. The molecule has 5 nitrogen and oxygen atoms in total. The molecule has 1 aromatic carbocycles. The lowest BCUT2D eigenvalue weighted by Gasteiger charge is -2.04. The molecule has 1 amide bonds. The van der Waals surface area contributed by atoms with Gasteiger partial charge in [0.25, 0.3) is 11.6 Å². The fraction of sp³-hybridized carbons (Fsp3) is 0.182. The monoisotopic (exact) mass is 220 g/mol. The summed E-state index contributed by atoms with van der Waals surface area (Å²) >= 11 is 0. The number of carbonyl (C=O) groups is 1. The number of carbonyl (C=O) groups excluding carboxylic acids is 1. The van der Waals surface area contributed by atoms with Gasteiger partial charge in [-0.3, -0.25) is 14.9 Å². The highest BCUT2D eigenvalue weighted by Crippen LogP contribution is 2.19. The topological polar surface area (TPSA) is 72.2 Å². The molecule has 0 spiro atoms. The summed E-state index contributed by atoms with van der Waals surface area (Å²) in [7, 11) is 0. The van der Waals surface area contributed by atoms with Gasteiger partial charge in [-0.15, -0.1) is 6.58 Å². The molecular formula is C11H12N2O3. The summed E-state index contributed by atoms with van der Waals surface area (Å²) in [6.07, 6.45) is 1.51. The van der Waals surface area contributed by atoms with E-state index >= 15 is 0 Å². The molecule has 0 bridgehead atoms. The molecule has 0 saturated carbocycles. The van der Waals surface area contributed by atoms with Crippen molar-refractivity contribution in [2.75, 3.05) is 6.54 Å². The number of amides is 1. The molecule has 0 aromatic heterocycles. The third-order valence-electron chi connectivity index (χ3n) is 2.00. The van der Waals surface area contributed by atoms with Gasteiger partial charge in [0.1, 0.15) is 5.56 Å². The van der Waals surface area contributed by atoms with E-state index in [4.69, 9.17) is 0 Å². The predicted molar refractivity (Wildman–Crippen MR) is 60.4 cm³/mol. The fourth-order valence-corrected chi connectivity index (χ4v) is 1.25. The number of nitrogens with one attached hydrogen (secondary N) is 1. The van der Waals surface area contributed by atoms with Gasteiger partial charge in [-0.1, -0.05) is 12.1 Å². The van der Waals surface area contributed by atoms with Gasteiger partial charge < -0.3 is 5.32 Å². The Kier molecular flexibility index (Phi) is 3.77. The van der Waals surface area contributed by atoms with E-state index in [-0.39, 0.29) is 17.8 Å². The van der Waals surface area contributed by atoms with Gasteiger partial charge in [0.05, 0.1) is 4.92 Å². The van der Waals surface area contributed by atoms with E-state index in [2.05, 4.69) is 11.9 Å². The molecule has 16 heavy (non-hydrogen) atoms. The van der Waals surface area contributed by atoms with Crippen molar-refractivity contribution in [1.29, 1.82) is 0 Å². The van der Waals surface area contributed by atoms with Crippen LogP contribution in [0.15, 0.2) is 30.9 Å². The lowest BCUT2D eigenvalue weighted by atomic mass is 10.1. The van der Waals surface area contributed by atoms with Crippen LogP contribution in [0.1, 0.15) is 15.9 Å². The zero-order valence-corrected chi connectivity index (χ0v) is 8.90. The zero-order valence-electron chi connectivity index (χ0n) is 8.90. The van der Waals surface area contributed by atoms with Crippen LogP contribution < -0.4 is 5.32 Å². The lowest BCUT2D eigenvalue weighted by molar-refractivity contribution is -0.385. The molecule has 84 valence electrons. The largest absolute Gasteiger partial charge is 0.348 e. The standard InChI is InChI=1S/C11H12N2O3/c1-3-6-12-11(14)9-7-8(2)4-5-10(9)13(15)16/h3-5,7H,1,6H2,2H3,(H,12,14). The minimum atomic E-state index is -0.567. The smallest absolute Gasteiger partial charge is 0.282 e. The van der Waals surface area contributed by atoms with Crippen LogP contribution in [0, 0.1) is 17.0 Å². The maximum absolute atomic E-state index is 11.6. The van der Waals surface area contributed by atoms with E-state index in [0.29, 0.717) is 0 Å². The van der Waals surface area contributed by atoms with Gasteiger partial charge in [-0.05, 0) is 18.6 Å². The van der Waals surface area contributed by atoms with Gasteiger partial charge in [0, 0.05) is 12.6 Å². The van der Waals surface area contributed by atoms with Gasteiger partial charge >= 0.3 is 0 Å². The Morgan fingerprint density at radius 1 is 1.62 bits per heavy atom. The van der Waals surface area contributed by atoms with Crippen molar-refractivity contribution in [2.45, 2.75) is 6.92 Å². The van der Waals surface area contributed by atoms with Crippen molar-refractivity contribution in [3.8, 4) is 0 Å². The number of nitro benzene ring substituents is 1. The third kappa shape index (κ3) is 2.66. The van der Waals surface area contributed by atoms with Crippen LogP contribution >= 0.6 is 0 Å². The number of aryl methyl sites for hydroxylation is 1. The maximum atomic E-state index is 11.6. The molecule has 1 N–H and O–H groups in total. The number of nitro groups is 1. The minimum Gasteiger partial charge on any atom is -0.348 e. The van der Waals surface area contributed by atoms with Crippen molar-refractivity contribution < 1.29 is 9.72 Å². The van der Waals surface area contributed by atoms with Crippen molar-refractivity contribution in [3.05, 3.63) is 52.1 Å². The Labute approximate surface area is 92.9 Å². The molecule has 1 aromatic rings. The first-order chi connectivity index (χ1) is 7.56. The van der Waals surface area contributed by atoms with Crippen LogP contribution in [0.4, 0.5) is 5.69 Å². The average molecular weight is 220 g/mol. The van der Waals surface area contributed by atoms with Crippen molar-refractivity contribution in [3.63, 3.8) is 0 Å². The number of benzene rings is 1. The summed E-state index contributed by atoms with van der Waals surface area (Å²) in [6, 6.07) is 4.43. The summed E-state index contributed by atoms with van der Waals surface area (Å²) in [4.78, 5) is 21.8. The molecule has 0 aliphatic carbocycles. The molecule has 0 atom stereocenters. The van der Waals surface area contributed by atoms with Crippen LogP contribution in [-0.4, -0.2) is 17.4 Å². The lowest BCUT2D eigenvalue weighted by Crippen LogP contribution is -2.24. The van der Waals surface area contributed by atoms with Gasteiger partial charge in [-0.25, -0.2) is 0 Å². The zero-order chi connectivity index (χ0) is 12.1. The van der Waals surface area contributed by atoms with Gasteiger partial charge in [0.15, 0.2) is 0 Å². The number of hydrogen-bond acceptors (Lipinski definition) is 3. The Hall–Kier alpha value is -2.17. The van der Waals surface area contributed by atoms with Gasteiger partial charge in [0.2, 0.25) is 0 Å². The molecule has 0 aliphatic rings. The average Bonchev–Trinajstić information content (AvgIpc) is 2.25. The number of nitrogens with zero attached hydrogens (tertiary/aromatic N) is 1. The molecule has 5 heteroatoms. The second-order valence-electron chi connectivity index (χ2n) is 3.28. The van der Waals surface area contributed by atoms with Crippen LogP contribution in [0.3, 0.4) is 0 Å². The predicted octanol–water partition coefficient (Wildman–Crippen LogP) is 1.82. The first-order valence-electron chi connectivity index (χ1n) is 4.70. The molecule has 1 rings (SSSR count). The molecule has 0 saturated heterocycles. The molecule has 0 unspecified atom stereocenters. The van der Waals surface area contributed by atoms with Crippen LogP contribution in [-0.2, 0) is 0 Å². The maximum Gasteiger partial charge on any atom is 0.282 e. The van der Waals surface area contributed by atoms with Crippen LogP contribution in [0.5, 0.6) is 0 Å². The van der Waals surface area contributed by atoms with E-state index in [1.807, 2.05) is 0 Å². The van der Waals surface area contributed by atoms with E-state index in [0.717, 1.165) is 5.56 Å². The third-order valence-corrected chi connectivity index (χ3v) is 2.00. The van der Waals surface area contributed by atoms with Crippen molar-refractivity contribution >= 4 is 11.6 Å². The molecule has 0 radical (unpaired) electrons. The number of rotatable bonds is 4. The van der Waals surface area contributed by atoms with Gasteiger partial charge in [-0.2, -0.15) is 0 Å². The van der Waals surface area contributed by atoms with Crippen molar-refractivity contribution in [1.82, 2.24) is 5.32 Å². The first kappa shape index (κ1) is 11.9. The molecule has 0 aliphatic heterocycles. The fourth-order valence-electron chi connectivity index (χ4n) is 1.25. The van der Waals surface area contributed by atoms with E-state index < -0.39 is 10.8 Å². The SMILES string of the molecule is C=CCNC(=O)c1cc(C)ccc1[N+](=O)[O-]. The summed E-state index contributed by atoms with van der Waals surface area (Å²) in [5, 5.41) is 13.2. The first-order valence-corrected chi connectivity index (χ1v) is 4.70. The minimum absolute atomic E-state index is 0.0758. The van der Waals surface area contributed by atoms with E-state index in [1.54, 1.807) is 13.0 Å². The quantitative estimate of drug-likeness (QED) is 0.478. The molecular weight excluding hydrogens is 208 g/mol. The highest BCUT2D eigenvalue weighted by Gasteiger charge is 2.19. The van der Waals surface area contributed by atoms with E-state index in [9.17, 15) is 14.9 Å².